The Hall–Kier alpha value is -0.870. The van der Waals surface area contributed by atoms with Crippen molar-refractivity contribution in [2.24, 2.45) is 5.73 Å². The van der Waals surface area contributed by atoms with Crippen LogP contribution in [0.2, 0.25) is 0 Å². The number of piperidine rings is 1. The molecule has 0 bridgehead atoms. The van der Waals surface area contributed by atoms with Crippen molar-refractivity contribution < 1.29 is 0 Å². The van der Waals surface area contributed by atoms with Crippen molar-refractivity contribution in [3.8, 4) is 0 Å². The Morgan fingerprint density at radius 3 is 2.53 bits per heavy atom. The van der Waals surface area contributed by atoms with Gasteiger partial charge in [0.05, 0.1) is 12.2 Å². The van der Waals surface area contributed by atoms with Gasteiger partial charge in [-0.3, -0.25) is 9.58 Å². The van der Waals surface area contributed by atoms with E-state index in [-0.39, 0.29) is 11.6 Å². The van der Waals surface area contributed by atoms with Gasteiger partial charge in [0.25, 0.3) is 0 Å². The number of hydrogen-bond donors (Lipinski definition) is 1. The van der Waals surface area contributed by atoms with Gasteiger partial charge in [-0.1, -0.05) is 13.3 Å². The summed E-state index contributed by atoms with van der Waals surface area (Å²) in [5, 5.41) is 4.37. The maximum absolute atomic E-state index is 6.59. The molecule has 2 heterocycles. The fourth-order valence-corrected chi connectivity index (χ4v) is 3.12. The number of nitrogens with two attached hydrogens (primary N) is 1. The molecule has 0 aliphatic carbocycles. The molecular formula is C15H28N4. The molecule has 2 N–H and O–H groups in total. The molecule has 0 amide bonds. The van der Waals surface area contributed by atoms with Crippen molar-refractivity contribution in [3.05, 3.63) is 18.0 Å². The highest BCUT2D eigenvalue weighted by molar-refractivity contribution is 5.16. The van der Waals surface area contributed by atoms with E-state index in [1.54, 1.807) is 0 Å². The minimum Gasteiger partial charge on any atom is -0.322 e. The predicted molar refractivity (Wildman–Crippen MR) is 78.9 cm³/mol. The lowest BCUT2D eigenvalue weighted by Crippen LogP contribution is -2.54. The Bertz CT molecular complexity index is 395. The van der Waals surface area contributed by atoms with Crippen molar-refractivity contribution >= 4 is 0 Å². The third kappa shape index (κ3) is 2.84. The lowest BCUT2D eigenvalue weighted by molar-refractivity contribution is 0.0542. The first-order chi connectivity index (χ1) is 9.11. The van der Waals surface area contributed by atoms with Gasteiger partial charge in [0.15, 0.2) is 0 Å². The Morgan fingerprint density at radius 1 is 1.32 bits per heavy atom. The highest BCUT2D eigenvalue weighted by Crippen LogP contribution is 2.34. The molecular weight excluding hydrogens is 236 g/mol. The van der Waals surface area contributed by atoms with Gasteiger partial charge in [-0.05, 0) is 46.2 Å². The molecule has 1 aliphatic rings. The molecule has 0 aromatic carbocycles. The van der Waals surface area contributed by atoms with Gasteiger partial charge in [-0.25, -0.2) is 0 Å². The fraction of sp³-hybridized carbons (Fsp3) is 0.800. The van der Waals surface area contributed by atoms with E-state index < -0.39 is 0 Å². The number of aryl methyl sites for hydroxylation is 1. The summed E-state index contributed by atoms with van der Waals surface area (Å²) in [5.41, 5.74) is 7.80. The van der Waals surface area contributed by atoms with Gasteiger partial charge in [-0.15, -0.1) is 0 Å². The summed E-state index contributed by atoms with van der Waals surface area (Å²) in [6.45, 7) is 9.93. The van der Waals surface area contributed by atoms with Crippen LogP contribution in [0.4, 0.5) is 0 Å². The first-order valence-electron chi connectivity index (χ1n) is 7.64. The number of hydrogen-bond acceptors (Lipinski definition) is 3. The molecule has 2 rings (SSSR count). The van der Waals surface area contributed by atoms with Gasteiger partial charge < -0.3 is 5.73 Å². The molecule has 1 aliphatic heterocycles. The molecule has 4 nitrogen and oxygen atoms in total. The maximum Gasteiger partial charge on any atom is 0.0538 e. The van der Waals surface area contributed by atoms with E-state index in [0.29, 0.717) is 0 Å². The van der Waals surface area contributed by atoms with Gasteiger partial charge >= 0.3 is 0 Å². The first kappa shape index (κ1) is 14.5. The second kappa shape index (κ2) is 6.06. The predicted octanol–water partition coefficient (Wildman–Crippen LogP) is 2.56. The third-order valence-electron chi connectivity index (χ3n) is 4.80. The topological polar surface area (TPSA) is 47.1 Å². The Labute approximate surface area is 117 Å². The number of nitrogens with zero attached hydrogens (tertiary/aromatic N) is 3. The van der Waals surface area contributed by atoms with E-state index in [0.717, 1.165) is 18.5 Å². The van der Waals surface area contributed by atoms with Crippen LogP contribution in [0.15, 0.2) is 12.4 Å². The summed E-state index contributed by atoms with van der Waals surface area (Å²) >= 11 is 0. The molecule has 2 unspecified atom stereocenters. The standard InChI is InChI=1S/C15H28N4/c1-4-15(3,18-9-7-6-8-10-18)14(16)13-11-17-19(5-2)12-13/h11-12,14H,4-10,16H2,1-3H3. The molecule has 4 heteroatoms. The summed E-state index contributed by atoms with van der Waals surface area (Å²) in [6, 6.07) is 0.0379. The lowest BCUT2D eigenvalue weighted by atomic mass is 9.83. The van der Waals surface area contributed by atoms with Gasteiger partial charge in [0, 0.05) is 23.8 Å². The van der Waals surface area contributed by atoms with E-state index in [1.165, 1.54) is 32.4 Å². The van der Waals surface area contributed by atoms with Crippen molar-refractivity contribution in [3.63, 3.8) is 0 Å². The number of aromatic nitrogens is 2. The summed E-state index contributed by atoms with van der Waals surface area (Å²) < 4.78 is 1.96. The minimum atomic E-state index is 0.0379. The van der Waals surface area contributed by atoms with E-state index >= 15 is 0 Å². The molecule has 2 atom stereocenters. The second-order valence-electron chi connectivity index (χ2n) is 5.87. The zero-order valence-electron chi connectivity index (χ0n) is 12.6. The molecule has 1 fully saturated rings. The molecule has 1 saturated heterocycles. The van der Waals surface area contributed by atoms with Gasteiger partial charge in [-0.2, -0.15) is 5.10 Å². The van der Waals surface area contributed by atoms with Gasteiger partial charge in [0.1, 0.15) is 0 Å². The average Bonchev–Trinajstić information content (AvgIpc) is 2.95. The summed E-state index contributed by atoms with van der Waals surface area (Å²) in [4.78, 5) is 2.59. The Kier molecular flexibility index (Phi) is 4.63. The van der Waals surface area contributed by atoms with Crippen LogP contribution >= 0.6 is 0 Å². The fourth-order valence-electron chi connectivity index (χ4n) is 3.12. The van der Waals surface area contributed by atoms with Crippen molar-refractivity contribution in [1.82, 2.24) is 14.7 Å². The normalized spacial score (nSPS) is 22.1. The maximum atomic E-state index is 6.59. The van der Waals surface area contributed by atoms with Crippen LogP contribution < -0.4 is 5.73 Å². The zero-order valence-corrected chi connectivity index (χ0v) is 12.6. The monoisotopic (exact) mass is 264 g/mol. The molecule has 1 aromatic rings. The second-order valence-corrected chi connectivity index (χ2v) is 5.87. The minimum absolute atomic E-state index is 0.0379. The van der Waals surface area contributed by atoms with Crippen LogP contribution in [-0.2, 0) is 6.54 Å². The quantitative estimate of drug-likeness (QED) is 0.889. The van der Waals surface area contributed by atoms with Gasteiger partial charge in [0.2, 0.25) is 0 Å². The first-order valence-corrected chi connectivity index (χ1v) is 7.64. The van der Waals surface area contributed by atoms with Crippen molar-refractivity contribution in [2.45, 2.75) is 64.6 Å². The van der Waals surface area contributed by atoms with E-state index in [2.05, 4.69) is 37.0 Å². The molecule has 0 radical (unpaired) electrons. The molecule has 0 spiro atoms. The lowest BCUT2D eigenvalue weighted by Gasteiger charge is -2.46. The summed E-state index contributed by atoms with van der Waals surface area (Å²) in [6.07, 6.45) is 9.08. The molecule has 19 heavy (non-hydrogen) atoms. The summed E-state index contributed by atoms with van der Waals surface area (Å²) in [5.74, 6) is 0. The molecule has 0 saturated carbocycles. The van der Waals surface area contributed by atoms with Crippen LogP contribution in [0.25, 0.3) is 0 Å². The van der Waals surface area contributed by atoms with Crippen LogP contribution in [0.1, 0.15) is 58.1 Å². The average molecular weight is 264 g/mol. The zero-order chi connectivity index (χ0) is 13.9. The van der Waals surface area contributed by atoms with E-state index in [4.69, 9.17) is 5.73 Å². The Morgan fingerprint density at radius 2 is 2.00 bits per heavy atom. The highest BCUT2D eigenvalue weighted by Gasteiger charge is 2.38. The third-order valence-corrected chi connectivity index (χ3v) is 4.80. The smallest absolute Gasteiger partial charge is 0.0538 e. The highest BCUT2D eigenvalue weighted by atomic mass is 15.3. The number of likely N-dealkylation sites (tertiary alicyclic amines) is 1. The number of rotatable bonds is 5. The summed E-state index contributed by atoms with van der Waals surface area (Å²) in [7, 11) is 0. The van der Waals surface area contributed by atoms with E-state index in [1.807, 2.05) is 10.9 Å². The molecule has 108 valence electrons. The van der Waals surface area contributed by atoms with Crippen LogP contribution in [-0.4, -0.2) is 33.3 Å². The molecule has 1 aromatic heterocycles. The SMILES string of the molecule is CCn1cc(C(N)C(C)(CC)N2CCCCC2)cn1. The van der Waals surface area contributed by atoms with Crippen LogP contribution in [0, 0.1) is 0 Å². The van der Waals surface area contributed by atoms with Crippen molar-refractivity contribution in [1.29, 1.82) is 0 Å². The van der Waals surface area contributed by atoms with Crippen LogP contribution in [0.3, 0.4) is 0 Å². The van der Waals surface area contributed by atoms with Crippen LogP contribution in [0.5, 0.6) is 0 Å². The Balaban J connectivity index is 2.18. The van der Waals surface area contributed by atoms with Crippen molar-refractivity contribution in [2.75, 3.05) is 13.1 Å². The van der Waals surface area contributed by atoms with E-state index in [9.17, 15) is 0 Å². The largest absolute Gasteiger partial charge is 0.322 e.